The van der Waals surface area contributed by atoms with Crippen molar-refractivity contribution in [2.75, 3.05) is 0 Å². The van der Waals surface area contributed by atoms with Gasteiger partial charge in [0.05, 0.1) is 27.0 Å². The Balaban J connectivity index is 2.18. The van der Waals surface area contributed by atoms with Crippen molar-refractivity contribution in [2.45, 2.75) is 6.92 Å². The van der Waals surface area contributed by atoms with Crippen LogP contribution in [-0.2, 0) is 0 Å². The lowest BCUT2D eigenvalue weighted by atomic mass is 10.2. The molecular formula is C13H9Br3N2O3. The molecule has 0 saturated heterocycles. The van der Waals surface area contributed by atoms with Gasteiger partial charge in [0, 0.05) is 10.0 Å². The summed E-state index contributed by atoms with van der Waals surface area (Å²) >= 11 is 9.85. The number of phenolic OH excluding ortho intramolecular Hbond substituents is 1. The molecule has 5 nitrogen and oxygen atoms in total. The highest BCUT2D eigenvalue weighted by molar-refractivity contribution is 9.11. The number of carbonyl (C=O) groups excluding carboxylic acids is 1. The van der Waals surface area contributed by atoms with Gasteiger partial charge in [0.2, 0.25) is 0 Å². The fourth-order valence-electron chi connectivity index (χ4n) is 1.55. The average Bonchev–Trinajstić information content (AvgIpc) is 2.86. The molecule has 0 saturated carbocycles. The van der Waals surface area contributed by atoms with Gasteiger partial charge in [-0.15, -0.1) is 0 Å². The van der Waals surface area contributed by atoms with E-state index in [9.17, 15) is 9.90 Å². The van der Waals surface area contributed by atoms with Gasteiger partial charge in [-0.3, -0.25) is 4.79 Å². The van der Waals surface area contributed by atoms with E-state index in [1.807, 2.05) is 0 Å². The number of furan rings is 1. The number of rotatable bonds is 3. The normalized spacial score (nSPS) is 11.0. The first-order chi connectivity index (χ1) is 9.91. The first kappa shape index (κ1) is 16.3. The minimum atomic E-state index is -0.369. The predicted octanol–water partition coefficient (Wildman–Crippen LogP) is 4.35. The molecule has 0 fully saturated rings. The van der Waals surface area contributed by atoms with Gasteiger partial charge in [0.15, 0.2) is 0 Å². The molecule has 0 aliphatic heterocycles. The summed E-state index contributed by atoms with van der Waals surface area (Å²) in [6.07, 6.45) is 2.86. The monoisotopic (exact) mass is 478 g/mol. The molecule has 2 N–H and O–H groups in total. The van der Waals surface area contributed by atoms with E-state index in [0.717, 1.165) is 0 Å². The van der Waals surface area contributed by atoms with E-state index < -0.39 is 0 Å². The van der Waals surface area contributed by atoms with Crippen LogP contribution >= 0.6 is 47.8 Å². The molecule has 8 heteroatoms. The lowest BCUT2D eigenvalue weighted by Crippen LogP contribution is -2.17. The van der Waals surface area contributed by atoms with Crippen LogP contribution in [0.15, 0.2) is 41.3 Å². The molecule has 21 heavy (non-hydrogen) atoms. The molecule has 0 aliphatic carbocycles. The maximum absolute atomic E-state index is 11.8. The van der Waals surface area contributed by atoms with E-state index in [1.54, 1.807) is 19.1 Å². The van der Waals surface area contributed by atoms with Crippen LogP contribution < -0.4 is 5.43 Å². The third kappa shape index (κ3) is 3.56. The van der Waals surface area contributed by atoms with Crippen molar-refractivity contribution in [3.63, 3.8) is 0 Å². The molecule has 1 heterocycles. The van der Waals surface area contributed by atoms with Gasteiger partial charge in [-0.2, -0.15) is 5.10 Å². The minimum absolute atomic E-state index is 0.0525. The van der Waals surface area contributed by atoms with Crippen molar-refractivity contribution in [3.8, 4) is 5.75 Å². The number of aryl methyl sites for hydroxylation is 1. The van der Waals surface area contributed by atoms with Crippen LogP contribution in [0.25, 0.3) is 0 Å². The van der Waals surface area contributed by atoms with Crippen LogP contribution in [0.4, 0.5) is 0 Å². The average molecular weight is 481 g/mol. The van der Waals surface area contributed by atoms with Gasteiger partial charge < -0.3 is 9.52 Å². The fourth-order valence-corrected chi connectivity index (χ4v) is 3.87. The zero-order valence-electron chi connectivity index (χ0n) is 10.7. The number of hydrogen-bond donors (Lipinski definition) is 2. The molecule has 1 aromatic carbocycles. The van der Waals surface area contributed by atoms with Crippen LogP contribution in [0, 0.1) is 6.92 Å². The standard InChI is InChI=1S/C13H9Br3N2O3/c1-6-7(2-3-21-6)13(20)18-17-5-8-9(14)4-10(15)12(19)11(8)16/h2-5,19H,1H3,(H,18,20). The highest BCUT2D eigenvalue weighted by atomic mass is 79.9. The largest absolute Gasteiger partial charge is 0.506 e. The van der Waals surface area contributed by atoms with Gasteiger partial charge in [-0.25, -0.2) is 5.43 Å². The number of carbonyl (C=O) groups is 1. The first-order valence-electron chi connectivity index (χ1n) is 5.65. The van der Waals surface area contributed by atoms with E-state index in [-0.39, 0.29) is 11.7 Å². The van der Waals surface area contributed by atoms with E-state index in [1.165, 1.54) is 12.5 Å². The number of phenols is 1. The second-order valence-corrected chi connectivity index (χ2v) is 6.51. The molecule has 2 aromatic rings. The molecule has 0 bridgehead atoms. The zero-order chi connectivity index (χ0) is 15.6. The summed E-state index contributed by atoms with van der Waals surface area (Å²) < 4.78 is 6.75. The highest BCUT2D eigenvalue weighted by Crippen LogP contribution is 2.38. The van der Waals surface area contributed by atoms with Gasteiger partial charge in [0.1, 0.15) is 11.5 Å². The van der Waals surface area contributed by atoms with E-state index >= 15 is 0 Å². The molecule has 1 aromatic heterocycles. The molecule has 0 spiro atoms. The Bertz CT molecular complexity index is 726. The summed E-state index contributed by atoms with van der Waals surface area (Å²) in [5.74, 6) is 0.203. The summed E-state index contributed by atoms with van der Waals surface area (Å²) in [4.78, 5) is 11.8. The Kier molecular flexibility index (Phi) is 5.23. The smallest absolute Gasteiger partial charge is 0.274 e. The Morgan fingerprint density at radius 3 is 2.71 bits per heavy atom. The second kappa shape index (κ2) is 6.76. The Labute approximate surface area is 145 Å². The third-order valence-corrected chi connectivity index (χ3v) is 4.71. The molecule has 2 rings (SSSR count). The summed E-state index contributed by atoms with van der Waals surface area (Å²) in [5.41, 5.74) is 3.42. The van der Waals surface area contributed by atoms with Crippen molar-refractivity contribution >= 4 is 59.9 Å². The van der Waals surface area contributed by atoms with Crippen molar-refractivity contribution in [1.29, 1.82) is 0 Å². The summed E-state index contributed by atoms with van der Waals surface area (Å²) in [6.45, 7) is 1.69. The summed E-state index contributed by atoms with van der Waals surface area (Å²) in [7, 11) is 0. The van der Waals surface area contributed by atoms with E-state index in [0.29, 0.717) is 30.3 Å². The van der Waals surface area contributed by atoms with Gasteiger partial charge in [0.25, 0.3) is 5.91 Å². The maximum Gasteiger partial charge on any atom is 0.274 e. The Morgan fingerprint density at radius 1 is 1.38 bits per heavy atom. The SMILES string of the molecule is Cc1occc1C(=O)NN=Cc1c(Br)cc(Br)c(O)c1Br. The summed E-state index contributed by atoms with van der Waals surface area (Å²) in [5, 5.41) is 13.7. The Morgan fingerprint density at radius 2 is 2.10 bits per heavy atom. The third-order valence-electron chi connectivity index (χ3n) is 2.64. The minimum Gasteiger partial charge on any atom is -0.506 e. The van der Waals surface area contributed by atoms with Crippen LogP contribution in [0.5, 0.6) is 5.75 Å². The molecule has 0 aliphatic rings. The van der Waals surface area contributed by atoms with Gasteiger partial charge >= 0.3 is 0 Å². The van der Waals surface area contributed by atoms with Crippen molar-refractivity contribution in [1.82, 2.24) is 5.43 Å². The zero-order valence-corrected chi connectivity index (χ0v) is 15.4. The highest BCUT2D eigenvalue weighted by Gasteiger charge is 2.13. The number of nitrogens with zero attached hydrogens (tertiary/aromatic N) is 1. The number of benzene rings is 1. The number of nitrogens with one attached hydrogen (secondary N) is 1. The van der Waals surface area contributed by atoms with Gasteiger partial charge in [-0.05, 0) is 50.9 Å². The molecule has 1 amide bonds. The second-order valence-electron chi connectivity index (χ2n) is 4.01. The van der Waals surface area contributed by atoms with Crippen LogP contribution in [0.1, 0.15) is 21.7 Å². The van der Waals surface area contributed by atoms with Gasteiger partial charge in [-0.1, -0.05) is 15.9 Å². The summed E-state index contributed by atoms with van der Waals surface area (Å²) in [6, 6.07) is 3.25. The van der Waals surface area contributed by atoms with Crippen LogP contribution in [0.3, 0.4) is 0 Å². The molecular weight excluding hydrogens is 472 g/mol. The number of hydrogen-bond acceptors (Lipinski definition) is 4. The van der Waals surface area contributed by atoms with Crippen LogP contribution in [-0.4, -0.2) is 17.2 Å². The fraction of sp³-hybridized carbons (Fsp3) is 0.0769. The lowest BCUT2D eigenvalue weighted by Gasteiger charge is -2.06. The first-order valence-corrected chi connectivity index (χ1v) is 8.03. The Hall–Kier alpha value is -1.12. The van der Waals surface area contributed by atoms with Crippen molar-refractivity contribution in [2.24, 2.45) is 5.10 Å². The number of aromatic hydroxyl groups is 1. The number of amides is 1. The molecule has 110 valence electrons. The topological polar surface area (TPSA) is 74.8 Å². The lowest BCUT2D eigenvalue weighted by molar-refractivity contribution is 0.0953. The van der Waals surface area contributed by atoms with Crippen molar-refractivity contribution < 1.29 is 14.3 Å². The quantitative estimate of drug-likeness (QED) is 0.507. The molecule has 0 radical (unpaired) electrons. The van der Waals surface area contributed by atoms with Crippen LogP contribution in [0.2, 0.25) is 0 Å². The molecule has 0 atom stereocenters. The molecule has 0 unspecified atom stereocenters. The van der Waals surface area contributed by atoms with E-state index in [2.05, 4.69) is 58.3 Å². The number of halogens is 3. The number of hydrazone groups is 1. The van der Waals surface area contributed by atoms with E-state index in [4.69, 9.17) is 4.42 Å². The predicted molar refractivity (Wildman–Crippen MR) is 89.7 cm³/mol. The maximum atomic E-state index is 11.8. The van der Waals surface area contributed by atoms with Crippen molar-refractivity contribution in [3.05, 3.63) is 48.7 Å².